The number of thiophene rings is 1. The van der Waals surface area contributed by atoms with Crippen molar-refractivity contribution in [2.45, 2.75) is 39.5 Å². The van der Waals surface area contributed by atoms with Gasteiger partial charge in [0.25, 0.3) is 5.91 Å². The van der Waals surface area contributed by atoms with E-state index in [0.29, 0.717) is 6.54 Å². The molecule has 6 heteroatoms. The molecule has 0 bridgehead atoms. The van der Waals surface area contributed by atoms with Crippen LogP contribution in [0.25, 0.3) is 10.2 Å². The Bertz CT molecular complexity index is 674. The Kier molecular flexibility index (Phi) is 4.57. The van der Waals surface area contributed by atoms with Crippen molar-refractivity contribution >= 4 is 33.3 Å². The third kappa shape index (κ3) is 2.79. The number of hydrogen-bond acceptors (Lipinski definition) is 5. The van der Waals surface area contributed by atoms with Crippen LogP contribution in [0.2, 0.25) is 0 Å². The van der Waals surface area contributed by atoms with Gasteiger partial charge in [0.05, 0.1) is 10.3 Å². The molecular formula is C16H22N4OS. The van der Waals surface area contributed by atoms with Crippen LogP contribution >= 0.6 is 11.3 Å². The molecule has 22 heavy (non-hydrogen) atoms. The van der Waals surface area contributed by atoms with Gasteiger partial charge in [0.2, 0.25) is 0 Å². The summed E-state index contributed by atoms with van der Waals surface area (Å²) in [6, 6.07) is 0. The standard InChI is InChI=1S/C16H22N4OS/c1-3-17-15(21)13-11(2)12-14(18-10-19-16(12)22-13)20-8-6-4-5-7-9-20/h10H,3-9H2,1-2H3,(H,17,21). The van der Waals surface area contributed by atoms with Crippen LogP contribution in [0.1, 0.15) is 47.8 Å². The molecule has 2 aromatic heterocycles. The smallest absolute Gasteiger partial charge is 0.261 e. The van der Waals surface area contributed by atoms with Crippen molar-refractivity contribution in [1.29, 1.82) is 0 Å². The highest BCUT2D eigenvalue weighted by molar-refractivity contribution is 7.20. The number of anilines is 1. The number of rotatable bonds is 3. The van der Waals surface area contributed by atoms with E-state index < -0.39 is 0 Å². The summed E-state index contributed by atoms with van der Waals surface area (Å²) in [5.41, 5.74) is 1.01. The van der Waals surface area contributed by atoms with Crippen molar-refractivity contribution in [3.63, 3.8) is 0 Å². The molecule has 0 unspecified atom stereocenters. The molecule has 0 saturated carbocycles. The zero-order valence-corrected chi connectivity index (χ0v) is 14.0. The molecule has 1 amide bonds. The van der Waals surface area contributed by atoms with Gasteiger partial charge in [0.1, 0.15) is 17.0 Å². The van der Waals surface area contributed by atoms with Crippen molar-refractivity contribution in [1.82, 2.24) is 15.3 Å². The maximum Gasteiger partial charge on any atom is 0.261 e. The third-order valence-corrected chi connectivity index (χ3v) is 5.35. The van der Waals surface area contributed by atoms with E-state index in [1.54, 1.807) is 6.33 Å². The normalized spacial score (nSPS) is 15.8. The quantitative estimate of drug-likeness (QED) is 0.944. The Morgan fingerprint density at radius 1 is 1.27 bits per heavy atom. The number of amides is 1. The molecule has 0 aromatic carbocycles. The van der Waals surface area contributed by atoms with E-state index in [9.17, 15) is 4.79 Å². The van der Waals surface area contributed by atoms with E-state index in [-0.39, 0.29) is 5.91 Å². The molecule has 3 heterocycles. The molecule has 5 nitrogen and oxygen atoms in total. The van der Waals surface area contributed by atoms with Gasteiger partial charge in [-0.1, -0.05) is 12.8 Å². The van der Waals surface area contributed by atoms with Crippen molar-refractivity contribution < 1.29 is 4.79 Å². The fraction of sp³-hybridized carbons (Fsp3) is 0.562. The van der Waals surface area contributed by atoms with E-state index in [2.05, 4.69) is 20.2 Å². The summed E-state index contributed by atoms with van der Waals surface area (Å²) in [7, 11) is 0. The summed E-state index contributed by atoms with van der Waals surface area (Å²) in [4.78, 5) is 25.2. The van der Waals surface area contributed by atoms with E-state index in [1.807, 2.05) is 13.8 Å². The second-order valence-corrected chi connectivity index (χ2v) is 6.69. The Hall–Kier alpha value is -1.69. The first kappa shape index (κ1) is 15.2. The fourth-order valence-electron chi connectivity index (χ4n) is 3.03. The largest absolute Gasteiger partial charge is 0.356 e. The average Bonchev–Trinajstić information content (AvgIpc) is 2.71. The second kappa shape index (κ2) is 6.60. The lowest BCUT2D eigenvalue weighted by atomic mass is 10.2. The van der Waals surface area contributed by atoms with Gasteiger partial charge < -0.3 is 10.2 Å². The van der Waals surface area contributed by atoms with E-state index in [4.69, 9.17) is 0 Å². The van der Waals surface area contributed by atoms with Gasteiger partial charge in [0.15, 0.2) is 0 Å². The SMILES string of the molecule is CCNC(=O)c1sc2ncnc(N3CCCCCC3)c2c1C. The second-order valence-electron chi connectivity index (χ2n) is 5.69. The molecule has 0 aliphatic carbocycles. The van der Waals surface area contributed by atoms with Gasteiger partial charge in [-0.2, -0.15) is 0 Å². The first-order chi connectivity index (χ1) is 10.7. The Balaban J connectivity index is 2.05. The van der Waals surface area contributed by atoms with Crippen LogP contribution in [-0.4, -0.2) is 35.5 Å². The van der Waals surface area contributed by atoms with Gasteiger partial charge >= 0.3 is 0 Å². The number of carbonyl (C=O) groups excluding carboxylic acids is 1. The Morgan fingerprint density at radius 3 is 2.68 bits per heavy atom. The Morgan fingerprint density at radius 2 is 2.00 bits per heavy atom. The molecule has 118 valence electrons. The molecule has 1 saturated heterocycles. The van der Waals surface area contributed by atoms with Crippen molar-refractivity contribution in [2.24, 2.45) is 0 Å². The van der Waals surface area contributed by atoms with Crippen LogP contribution in [0.5, 0.6) is 0 Å². The third-order valence-electron chi connectivity index (χ3n) is 4.16. The maximum atomic E-state index is 12.2. The van der Waals surface area contributed by atoms with E-state index in [1.165, 1.54) is 37.0 Å². The molecule has 1 fully saturated rings. The summed E-state index contributed by atoms with van der Waals surface area (Å²) in [5.74, 6) is 0.987. The van der Waals surface area contributed by atoms with Crippen molar-refractivity contribution in [3.05, 3.63) is 16.8 Å². The van der Waals surface area contributed by atoms with E-state index >= 15 is 0 Å². The molecule has 1 N–H and O–H groups in total. The molecular weight excluding hydrogens is 296 g/mol. The number of fused-ring (bicyclic) bond motifs is 1. The lowest BCUT2D eigenvalue weighted by Crippen LogP contribution is -2.25. The minimum absolute atomic E-state index is 0.00943. The van der Waals surface area contributed by atoms with Crippen LogP contribution in [0.3, 0.4) is 0 Å². The minimum atomic E-state index is -0.00943. The van der Waals surface area contributed by atoms with Gasteiger partial charge in [-0.05, 0) is 32.3 Å². The number of aryl methyl sites for hydroxylation is 1. The predicted molar refractivity (Wildman–Crippen MR) is 90.8 cm³/mol. The van der Waals surface area contributed by atoms with Crippen molar-refractivity contribution in [3.8, 4) is 0 Å². The van der Waals surface area contributed by atoms with Crippen LogP contribution in [0, 0.1) is 6.92 Å². The number of nitrogens with one attached hydrogen (secondary N) is 1. The van der Waals surface area contributed by atoms with Gasteiger partial charge in [0, 0.05) is 19.6 Å². The van der Waals surface area contributed by atoms with Crippen LogP contribution < -0.4 is 10.2 Å². The molecule has 0 spiro atoms. The predicted octanol–water partition coefficient (Wildman–Crippen LogP) is 3.13. The summed E-state index contributed by atoms with van der Waals surface area (Å²) < 4.78 is 0. The number of hydrogen-bond donors (Lipinski definition) is 1. The molecule has 1 aliphatic heterocycles. The van der Waals surface area contributed by atoms with Gasteiger partial charge in [-0.25, -0.2) is 9.97 Å². The first-order valence-electron chi connectivity index (χ1n) is 7.99. The highest BCUT2D eigenvalue weighted by Gasteiger charge is 2.22. The van der Waals surface area contributed by atoms with Gasteiger partial charge in [-0.3, -0.25) is 4.79 Å². The van der Waals surface area contributed by atoms with E-state index in [0.717, 1.165) is 39.6 Å². The molecule has 1 aliphatic rings. The summed E-state index contributed by atoms with van der Waals surface area (Å²) in [5, 5.41) is 3.93. The maximum absolute atomic E-state index is 12.2. The summed E-state index contributed by atoms with van der Waals surface area (Å²) in [6.07, 6.45) is 6.62. The zero-order valence-electron chi connectivity index (χ0n) is 13.2. The lowest BCUT2D eigenvalue weighted by Gasteiger charge is -2.22. The summed E-state index contributed by atoms with van der Waals surface area (Å²) in [6.45, 7) is 6.66. The van der Waals surface area contributed by atoms with Crippen LogP contribution in [0.15, 0.2) is 6.33 Å². The highest BCUT2D eigenvalue weighted by atomic mass is 32.1. The van der Waals surface area contributed by atoms with Gasteiger partial charge in [-0.15, -0.1) is 11.3 Å². The summed E-state index contributed by atoms with van der Waals surface area (Å²) >= 11 is 1.47. The molecule has 0 atom stereocenters. The molecule has 0 radical (unpaired) electrons. The fourth-order valence-corrected chi connectivity index (χ4v) is 4.09. The zero-order chi connectivity index (χ0) is 15.5. The molecule has 2 aromatic rings. The van der Waals surface area contributed by atoms with Crippen LogP contribution in [-0.2, 0) is 0 Å². The topological polar surface area (TPSA) is 58.1 Å². The average molecular weight is 318 g/mol. The monoisotopic (exact) mass is 318 g/mol. The first-order valence-corrected chi connectivity index (χ1v) is 8.81. The lowest BCUT2D eigenvalue weighted by molar-refractivity contribution is 0.0959. The molecule has 3 rings (SSSR count). The number of carbonyl (C=O) groups is 1. The minimum Gasteiger partial charge on any atom is -0.356 e. The van der Waals surface area contributed by atoms with Crippen molar-refractivity contribution in [2.75, 3.05) is 24.5 Å². The van der Waals surface area contributed by atoms with Crippen LogP contribution in [0.4, 0.5) is 5.82 Å². The number of nitrogens with zero attached hydrogens (tertiary/aromatic N) is 3. The Labute approximate surface area is 134 Å². The number of aromatic nitrogens is 2. The highest BCUT2D eigenvalue weighted by Crippen LogP contribution is 2.35.